The van der Waals surface area contributed by atoms with Gasteiger partial charge in [-0.3, -0.25) is 4.79 Å². The number of esters is 1. The van der Waals surface area contributed by atoms with Gasteiger partial charge in [0.25, 0.3) is 0 Å². The average Bonchev–Trinajstić information content (AvgIpc) is 2.87. The fourth-order valence-corrected chi connectivity index (χ4v) is 5.44. The van der Waals surface area contributed by atoms with E-state index < -0.39 is 21.2 Å². The van der Waals surface area contributed by atoms with Gasteiger partial charge in [-0.15, -0.1) is 0 Å². The van der Waals surface area contributed by atoms with E-state index in [9.17, 15) is 13.2 Å². The van der Waals surface area contributed by atoms with E-state index in [1.807, 2.05) is 0 Å². The Morgan fingerprint density at radius 1 is 1.20 bits per heavy atom. The molecule has 116 valence electrons. The lowest BCUT2D eigenvalue weighted by molar-refractivity contribution is -0.145. The highest BCUT2D eigenvalue weighted by Gasteiger charge is 2.45. The Morgan fingerprint density at radius 3 is 2.35 bits per heavy atom. The van der Waals surface area contributed by atoms with E-state index in [0.717, 1.165) is 19.3 Å². The summed E-state index contributed by atoms with van der Waals surface area (Å²) in [5.41, 5.74) is 0.212. The Balaban J connectivity index is 2.12. The Kier molecular flexibility index (Phi) is 4.44. The van der Waals surface area contributed by atoms with Crippen molar-refractivity contribution < 1.29 is 17.9 Å². The molecule has 2 fully saturated rings. The number of hydrogen-bond acceptors (Lipinski definition) is 4. The van der Waals surface area contributed by atoms with Crippen LogP contribution in [0.25, 0.3) is 0 Å². The third-order valence-electron chi connectivity index (χ3n) is 4.77. The molecule has 2 atom stereocenters. The van der Waals surface area contributed by atoms with Crippen LogP contribution in [0.5, 0.6) is 0 Å². The molecule has 0 amide bonds. The molecule has 20 heavy (non-hydrogen) atoms. The molecule has 0 aromatic carbocycles. The second-order valence-corrected chi connectivity index (χ2v) is 8.86. The zero-order valence-electron chi connectivity index (χ0n) is 12.6. The summed E-state index contributed by atoms with van der Waals surface area (Å²) in [7, 11) is -2.06. The van der Waals surface area contributed by atoms with Crippen molar-refractivity contribution >= 4 is 16.0 Å². The van der Waals surface area contributed by atoms with Crippen molar-refractivity contribution in [2.24, 2.45) is 11.3 Å². The summed E-state index contributed by atoms with van der Waals surface area (Å²) in [5, 5.41) is -0.587. The average molecular weight is 303 g/mol. The molecule has 0 aromatic heterocycles. The molecule has 5 nitrogen and oxygen atoms in total. The number of sulfonamides is 1. The van der Waals surface area contributed by atoms with Crippen molar-refractivity contribution in [3.63, 3.8) is 0 Å². The molecule has 1 saturated carbocycles. The topological polar surface area (TPSA) is 63.7 Å². The van der Waals surface area contributed by atoms with Crippen molar-refractivity contribution in [2.45, 2.75) is 51.2 Å². The van der Waals surface area contributed by atoms with Gasteiger partial charge in [-0.25, -0.2) is 12.7 Å². The smallest absolute Gasteiger partial charge is 0.310 e. The number of carbonyl (C=O) groups excluding carboxylic acids is 1. The van der Waals surface area contributed by atoms with Gasteiger partial charge >= 0.3 is 5.97 Å². The minimum absolute atomic E-state index is 0.212. The molecule has 2 aliphatic rings. The number of rotatable bonds is 3. The summed E-state index contributed by atoms with van der Waals surface area (Å²) < 4.78 is 31.8. The first-order valence-electron chi connectivity index (χ1n) is 7.35. The van der Waals surface area contributed by atoms with E-state index in [0.29, 0.717) is 25.9 Å². The van der Waals surface area contributed by atoms with E-state index >= 15 is 0 Å². The van der Waals surface area contributed by atoms with E-state index in [1.54, 1.807) is 4.31 Å². The van der Waals surface area contributed by atoms with Crippen LogP contribution in [0, 0.1) is 11.3 Å². The Labute approximate surface area is 121 Å². The highest BCUT2D eigenvalue weighted by atomic mass is 32.2. The number of ether oxygens (including phenoxy) is 1. The monoisotopic (exact) mass is 303 g/mol. The largest absolute Gasteiger partial charge is 0.469 e. The lowest BCUT2D eigenvalue weighted by Crippen LogP contribution is -2.47. The van der Waals surface area contributed by atoms with Crippen LogP contribution in [-0.4, -0.2) is 44.1 Å². The minimum Gasteiger partial charge on any atom is -0.469 e. The van der Waals surface area contributed by atoms with E-state index in [4.69, 9.17) is 4.74 Å². The molecule has 1 aliphatic heterocycles. The van der Waals surface area contributed by atoms with Gasteiger partial charge in [0, 0.05) is 13.1 Å². The molecule has 0 aromatic rings. The van der Waals surface area contributed by atoms with Crippen molar-refractivity contribution in [2.75, 3.05) is 20.2 Å². The quantitative estimate of drug-likeness (QED) is 0.746. The number of piperidine rings is 1. The molecule has 6 heteroatoms. The first-order chi connectivity index (χ1) is 9.28. The fraction of sp³-hybridized carbons (Fsp3) is 0.929. The lowest BCUT2D eigenvalue weighted by Gasteiger charge is -2.37. The molecular formula is C14H25NO4S. The maximum Gasteiger partial charge on any atom is 0.310 e. The van der Waals surface area contributed by atoms with Crippen LogP contribution in [0.4, 0.5) is 0 Å². The van der Waals surface area contributed by atoms with Gasteiger partial charge in [-0.2, -0.15) is 0 Å². The zero-order valence-corrected chi connectivity index (χ0v) is 13.4. The number of carbonyl (C=O) groups is 1. The fourth-order valence-electron chi connectivity index (χ4n) is 3.24. The van der Waals surface area contributed by atoms with Gasteiger partial charge in [0.1, 0.15) is 0 Å². The summed E-state index contributed by atoms with van der Waals surface area (Å²) in [6.45, 7) is 5.48. The number of hydrogen-bond donors (Lipinski definition) is 0. The van der Waals surface area contributed by atoms with Gasteiger partial charge in [0.2, 0.25) is 10.0 Å². The Hall–Kier alpha value is -0.620. The van der Waals surface area contributed by atoms with Crippen LogP contribution in [-0.2, 0) is 19.6 Å². The highest BCUT2D eigenvalue weighted by Crippen LogP contribution is 2.37. The third kappa shape index (κ3) is 3.01. The standard InChI is InChI=1S/C14H25NO4S/c1-14(2)7-9-15(10-8-14)20(17,18)12-6-4-5-11(12)13(16)19-3/h11-12H,4-10H2,1-3H3. The molecule has 0 bridgehead atoms. The third-order valence-corrected chi connectivity index (χ3v) is 7.19. The van der Waals surface area contributed by atoms with Gasteiger partial charge in [0.15, 0.2) is 0 Å². The van der Waals surface area contributed by atoms with Crippen molar-refractivity contribution in [1.82, 2.24) is 4.31 Å². The molecule has 2 unspecified atom stereocenters. The summed E-state index contributed by atoms with van der Waals surface area (Å²) in [6, 6.07) is 0. The predicted octanol–water partition coefficient (Wildman–Crippen LogP) is 1.78. The van der Waals surface area contributed by atoms with Crippen LogP contribution in [0.2, 0.25) is 0 Å². The van der Waals surface area contributed by atoms with Crippen LogP contribution < -0.4 is 0 Å². The Morgan fingerprint density at radius 2 is 1.80 bits per heavy atom. The molecule has 1 heterocycles. The van der Waals surface area contributed by atoms with Crippen molar-refractivity contribution in [3.8, 4) is 0 Å². The van der Waals surface area contributed by atoms with Crippen molar-refractivity contribution in [3.05, 3.63) is 0 Å². The molecule has 0 spiro atoms. The lowest BCUT2D eigenvalue weighted by atomic mass is 9.83. The molecule has 0 N–H and O–H groups in total. The van der Waals surface area contributed by atoms with Crippen molar-refractivity contribution in [1.29, 1.82) is 0 Å². The minimum atomic E-state index is -3.38. The van der Waals surface area contributed by atoms with Gasteiger partial charge < -0.3 is 4.74 Å². The maximum absolute atomic E-state index is 12.7. The van der Waals surface area contributed by atoms with Crippen LogP contribution in [0.3, 0.4) is 0 Å². The Bertz CT molecular complexity index is 462. The second-order valence-electron chi connectivity index (χ2n) is 6.71. The molecular weight excluding hydrogens is 278 g/mol. The molecule has 0 radical (unpaired) electrons. The second kappa shape index (κ2) is 5.64. The summed E-state index contributed by atoms with van der Waals surface area (Å²) in [6.07, 6.45) is 3.73. The molecule has 1 aliphatic carbocycles. The van der Waals surface area contributed by atoms with E-state index in [1.165, 1.54) is 7.11 Å². The number of methoxy groups -OCH3 is 1. The predicted molar refractivity (Wildman–Crippen MR) is 76.7 cm³/mol. The first-order valence-corrected chi connectivity index (χ1v) is 8.85. The summed E-state index contributed by atoms with van der Waals surface area (Å²) >= 11 is 0. The van der Waals surface area contributed by atoms with Crippen LogP contribution >= 0.6 is 0 Å². The first kappa shape index (κ1) is 15.8. The highest BCUT2D eigenvalue weighted by molar-refractivity contribution is 7.89. The van der Waals surface area contributed by atoms with E-state index in [-0.39, 0.29) is 11.4 Å². The summed E-state index contributed by atoms with van der Waals surface area (Å²) in [5.74, 6) is -0.867. The summed E-state index contributed by atoms with van der Waals surface area (Å²) in [4.78, 5) is 11.8. The van der Waals surface area contributed by atoms with Crippen LogP contribution in [0.15, 0.2) is 0 Å². The normalized spacial score (nSPS) is 31.1. The van der Waals surface area contributed by atoms with Gasteiger partial charge in [-0.1, -0.05) is 20.3 Å². The maximum atomic E-state index is 12.7. The molecule has 1 saturated heterocycles. The number of nitrogens with zero attached hydrogens (tertiary/aromatic N) is 1. The SMILES string of the molecule is COC(=O)C1CCCC1S(=O)(=O)N1CCC(C)(C)CC1. The van der Waals surface area contributed by atoms with Gasteiger partial charge in [0.05, 0.1) is 18.3 Å². The van der Waals surface area contributed by atoms with Crippen LogP contribution in [0.1, 0.15) is 46.0 Å². The van der Waals surface area contributed by atoms with Gasteiger partial charge in [-0.05, 0) is 31.1 Å². The zero-order chi connectivity index (χ0) is 15.0. The van der Waals surface area contributed by atoms with E-state index in [2.05, 4.69) is 13.8 Å². The molecule has 2 rings (SSSR count).